The van der Waals surface area contributed by atoms with Crippen LogP contribution in [-0.4, -0.2) is 21.1 Å². The highest BCUT2D eigenvalue weighted by Crippen LogP contribution is 2.21. The quantitative estimate of drug-likeness (QED) is 0.818. The van der Waals surface area contributed by atoms with Gasteiger partial charge in [0, 0.05) is 13.0 Å². The molecule has 0 unspecified atom stereocenters. The van der Waals surface area contributed by atoms with Crippen molar-refractivity contribution in [2.45, 2.75) is 59.1 Å². The number of benzene rings is 1. The van der Waals surface area contributed by atoms with E-state index >= 15 is 0 Å². The zero-order chi connectivity index (χ0) is 17.7. The van der Waals surface area contributed by atoms with E-state index in [1.807, 2.05) is 55.7 Å². The lowest BCUT2D eigenvalue weighted by molar-refractivity contribution is 0.00592. The second-order valence-electron chi connectivity index (χ2n) is 6.94. The summed E-state index contributed by atoms with van der Waals surface area (Å²) in [5.41, 5.74) is 6.92. The molecule has 0 bridgehead atoms. The van der Waals surface area contributed by atoms with Gasteiger partial charge in [0.15, 0.2) is 11.5 Å². The molecule has 24 heavy (non-hydrogen) atoms. The standard InChI is InChI=1S/C19H27N3O2/c1-5-6-12-15-21-17(20)16(18(23)24-19(2,3)4)22(15)13-14-10-8-7-9-11-14/h7-11H,5-6,12-13,20H2,1-4H3. The normalized spacial score (nSPS) is 11.5. The Labute approximate surface area is 143 Å². The number of esters is 1. The highest BCUT2D eigenvalue weighted by atomic mass is 16.6. The molecule has 0 amide bonds. The first-order valence-electron chi connectivity index (χ1n) is 8.44. The van der Waals surface area contributed by atoms with Crippen molar-refractivity contribution in [3.63, 3.8) is 0 Å². The molecule has 2 aromatic rings. The minimum Gasteiger partial charge on any atom is -0.455 e. The van der Waals surface area contributed by atoms with Gasteiger partial charge in [-0.2, -0.15) is 0 Å². The predicted octanol–water partition coefficient (Wildman–Crippen LogP) is 3.81. The average molecular weight is 329 g/mol. The molecule has 0 aliphatic rings. The molecular formula is C19H27N3O2. The third-order valence-corrected chi connectivity index (χ3v) is 3.60. The summed E-state index contributed by atoms with van der Waals surface area (Å²) in [4.78, 5) is 17.1. The summed E-state index contributed by atoms with van der Waals surface area (Å²) in [6, 6.07) is 9.98. The largest absolute Gasteiger partial charge is 0.455 e. The van der Waals surface area contributed by atoms with E-state index in [9.17, 15) is 4.79 Å². The van der Waals surface area contributed by atoms with Crippen LogP contribution in [0.2, 0.25) is 0 Å². The maximum atomic E-state index is 12.6. The number of nitrogens with two attached hydrogens (primary N) is 1. The second kappa shape index (κ2) is 7.51. The number of anilines is 1. The number of hydrogen-bond donors (Lipinski definition) is 1. The third-order valence-electron chi connectivity index (χ3n) is 3.60. The van der Waals surface area contributed by atoms with Crippen LogP contribution in [0.1, 0.15) is 62.4 Å². The lowest BCUT2D eigenvalue weighted by atomic mass is 10.2. The van der Waals surface area contributed by atoms with Crippen molar-refractivity contribution in [2.24, 2.45) is 0 Å². The summed E-state index contributed by atoms with van der Waals surface area (Å²) in [5.74, 6) is 0.650. The number of aromatic nitrogens is 2. The molecule has 0 atom stereocenters. The zero-order valence-electron chi connectivity index (χ0n) is 15.0. The summed E-state index contributed by atoms with van der Waals surface area (Å²) in [6.07, 6.45) is 2.84. The van der Waals surface area contributed by atoms with Gasteiger partial charge in [-0.3, -0.25) is 0 Å². The van der Waals surface area contributed by atoms with Crippen LogP contribution < -0.4 is 5.73 Å². The molecule has 0 aliphatic carbocycles. The number of unbranched alkanes of at least 4 members (excludes halogenated alkanes) is 1. The van der Waals surface area contributed by atoms with Crippen LogP contribution in [0.4, 0.5) is 5.82 Å². The molecular weight excluding hydrogens is 302 g/mol. The van der Waals surface area contributed by atoms with Crippen molar-refractivity contribution in [3.05, 3.63) is 47.4 Å². The number of nitrogens with zero attached hydrogens (tertiary/aromatic N) is 2. The van der Waals surface area contributed by atoms with Crippen molar-refractivity contribution in [1.82, 2.24) is 9.55 Å². The molecule has 5 heteroatoms. The van der Waals surface area contributed by atoms with Gasteiger partial charge in [0.05, 0.1) is 0 Å². The van der Waals surface area contributed by atoms with Crippen LogP contribution in [0, 0.1) is 0 Å². The number of imidazole rings is 1. The Morgan fingerprint density at radius 3 is 2.50 bits per heavy atom. The smallest absolute Gasteiger partial charge is 0.359 e. The fraction of sp³-hybridized carbons (Fsp3) is 0.474. The van der Waals surface area contributed by atoms with Crippen LogP contribution in [0.25, 0.3) is 0 Å². The number of ether oxygens (including phenoxy) is 1. The highest BCUT2D eigenvalue weighted by Gasteiger charge is 2.26. The maximum absolute atomic E-state index is 12.6. The summed E-state index contributed by atoms with van der Waals surface area (Å²) in [6.45, 7) is 8.21. The molecule has 0 aliphatic heterocycles. The van der Waals surface area contributed by atoms with E-state index in [1.165, 1.54) is 0 Å². The van der Waals surface area contributed by atoms with Crippen molar-refractivity contribution >= 4 is 11.8 Å². The first-order chi connectivity index (χ1) is 11.3. The molecule has 130 valence electrons. The fourth-order valence-corrected chi connectivity index (χ4v) is 2.52. The van der Waals surface area contributed by atoms with Gasteiger partial charge < -0.3 is 15.0 Å². The van der Waals surface area contributed by atoms with Crippen molar-refractivity contribution in [1.29, 1.82) is 0 Å². The van der Waals surface area contributed by atoms with Crippen molar-refractivity contribution < 1.29 is 9.53 Å². The Morgan fingerprint density at radius 1 is 1.25 bits per heavy atom. The summed E-state index contributed by atoms with van der Waals surface area (Å²) < 4.78 is 7.42. The molecule has 1 aromatic heterocycles. The van der Waals surface area contributed by atoms with E-state index in [4.69, 9.17) is 10.5 Å². The average Bonchev–Trinajstić information content (AvgIpc) is 2.80. The van der Waals surface area contributed by atoms with Gasteiger partial charge in [0.25, 0.3) is 0 Å². The Balaban J connectivity index is 2.40. The number of nitrogen functional groups attached to an aromatic ring is 1. The topological polar surface area (TPSA) is 70.1 Å². The van der Waals surface area contributed by atoms with Crippen LogP contribution >= 0.6 is 0 Å². The summed E-state index contributed by atoms with van der Waals surface area (Å²) >= 11 is 0. The van der Waals surface area contributed by atoms with Crippen molar-refractivity contribution in [3.8, 4) is 0 Å². The van der Waals surface area contributed by atoms with Crippen LogP contribution in [0.5, 0.6) is 0 Å². The van der Waals surface area contributed by atoms with Gasteiger partial charge in [-0.1, -0.05) is 43.7 Å². The Bertz CT molecular complexity index is 685. The van der Waals surface area contributed by atoms with Gasteiger partial charge in [0.2, 0.25) is 0 Å². The molecule has 0 saturated heterocycles. The first kappa shape index (κ1) is 18.0. The Hall–Kier alpha value is -2.30. The van der Waals surface area contributed by atoms with E-state index in [1.54, 1.807) is 0 Å². The van der Waals surface area contributed by atoms with Gasteiger partial charge in [-0.05, 0) is 32.8 Å². The number of carbonyl (C=O) groups excluding carboxylic acids is 1. The number of aryl methyl sites for hydroxylation is 1. The highest BCUT2D eigenvalue weighted by molar-refractivity contribution is 5.93. The lowest BCUT2D eigenvalue weighted by Crippen LogP contribution is -2.26. The summed E-state index contributed by atoms with van der Waals surface area (Å²) in [5, 5.41) is 0. The van der Waals surface area contributed by atoms with E-state index in [0.717, 1.165) is 30.7 Å². The van der Waals surface area contributed by atoms with E-state index in [2.05, 4.69) is 11.9 Å². The van der Waals surface area contributed by atoms with Gasteiger partial charge in [-0.15, -0.1) is 0 Å². The first-order valence-corrected chi connectivity index (χ1v) is 8.44. The maximum Gasteiger partial charge on any atom is 0.359 e. The van der Waals surface area contributed by atoms with Gasteiger partial charge >= 0.3 is 5.97 Å². The predicted molar refractivity (Wildman–Crippen MR) is 96.0 cm³/mol. The minimum atomic E-state index is -0.574. The molecule has 2 rings (SSSR count). The molecule has 1 aromatic carbocycles. The second-order valence-corrected chi connectivity index (χ2v) is 6.94. The molecule has 0 fully saturated rings. The van der Waals surface area contributed by atoms with Crippen LogP contribution in [-0.2, 0) is 17.7 Å². The third kappa shape index (κ3) is 4.60. The molecule has 0 radical (unpaired) electrons. The molecule has 2 N–H and O–H groups in total. The van der Waals surface area contributed by atoms with E-state index < -0.39 is 11.6 Å². The molecule has 0 spiro atoms. The lowest BCUT2D eigenvalue weighted by Gasteiger charge is -2.20. The van der Waals surface area contributed by atoms with Crippen LogP contribution in [0.15, 0.2) is 30.3 Å². The Morgan fingerprint density at radius 2 is 1.92 bits per heavy atom. The molecule has 5 nitrogen and oxygen atoms in total. The SMILES string of the molecule is CCCCc1nc(N)c(C(=O)OC(C)(C)C)n1Cc1ccccc1. The number of carbonyl (C=O) groups is 1. The fourth-order valence-electron chi connectivity index (χ4n) is 2.52. The van der Waals surface area contributed by atoms with E-state index in [0.29, 0.717) is 12.2 Å². The number of hydrogen-bond acceptors (Lipinski definition) is 4. The minimum absolute atomic E-state index is 0.242. The molecule has 1 heterocycles. The van der Waals surface area contributed by atoms with Gasteiger partial charge in [0.1, 0.15) is 11.4 Å². The van der Waals surface area contributed by atoms with Gasteiger partial charge in [-0.25, -0.2) is 9.78 Å². The van der Waals surface area contributed by atoms with Crippen molar-refractivity contribution in [2.75, 3.05) is 5.73 Å². The van der Waals surface area contributed by atoms with E-state index in [-0.39, 0.29) is 5.82 Å². The Kier molecular flexibility index (Phi) is 5.65. The monoisotopic (exact) mass is 329 g/mol. The summed E-state index contributed by atoms with van der Waals surface area (Å²) in [7, 11) is 0. The number of rotatable bonds is 6. The molecule has 0 saturated carbocycles. The van der Waals surface area contributed by atoms with Crippen LogP contribution in [0.3, 0.4) is 0 Å². The zero-order valence-corrected chi connectivity index (χ0v) is 15.0.